The molecule has 0 spiro atoms. The van der Waals surface area contributed by atoms with Crippen LogP contribution in [0.15, 0.2) is 53.7 Å². The van der Waals surface area contributed by atoms with E-state index < -0.39 is 10.0 Å². The molecule has 4 nitrogen and oxygen atoms in total. The maximum absolute atomic E-state index is 12.6. The molecular formula is C16H17ClN2O2S. The van der Waals surface area contributed by atoms with E-state index in [-0.39, 0.29) is 4.90 Å². The number of fused-ring (bicyclic) bond motifs is 1. The van der Waals surface area contributed by atoms with E-state index in [1.807, 2.05) is 20.8 Å². The predicted octanol–water partition coefficient (Wildman–Crippen LogP) is 4.26. The zero-order valence-electron chi connectivity index (χ0n) is 12.6. The van der Waals surface area contributed by atoms with Crippen LogP contribution < -0.4 is 0 Å². The Morgan fingerprint density at radius 1 is 1.14 bits per heavy atom. The fourth-order valence-corrected chi connectivity index (χ4v) is 3.65. The molecule has 0 radical (unpaired) electrons. The molecule has 3 rings (SSSR count). The Hall–Kier alpha value is -1.85. The summed E-state index contributed by atoms with van der Waals surface area (Å²) in [5.74, 6) is 0. The third kappa shape index (κ3) is 2.87. The molecule has 0 aliphatic rings. The summed E-state index contributed by atoms with van der Waals surface area (Å²) in [6, 6.07) is 10.00. The Kier molecular flexibility index (Phi) is 4.88. The van der Waals surface area contributed by atoms with E-state index in [0.29, 0.717) is 10.7 Å². The molecule has 22 heavy (non-hydrogen) atoms. The Balaban J connectivity index is 0.000000847. The van der Waals surface area contributed by atoms with Crippen LogP contribution in [0.1, 0.15) is 19.4 Å². The normalized spacial score (nSPS) is 11.1. The molecule has 0 fully saturated rings. The first-order valence-corrected chi connectivity index (χ1v) is 8.76. The molecule has 6 heteroatoms. The molecule has 2 aromatic heterocycles. The molecule has 2 heterocycles. The highest BCUT2D eigenvalue weighted by atomic mass is 35.5. The summed E-state index contributed by atoms with van der Waals surface area (Å²) >= 11 is 5.91. The molecule has 0 atom stereocenters. The Morgan fingerprint density at radius 3 is 2.41 bits per heavy atom. The van der Waals surface area contributed by atoms with Crippen molar-refractivity contribution in [3.8, 4) is 0 Å². The van der Waals surface area contributed by atoms with Crippen molar-refractivity contribution in [2.75, 3.05) is 0 Å². The number of hydrogen-bond donors (Lipinski definition) is 0. The lowest BCUT2D eigenvalue weighted by Crippen LogP contribution is -2.12. The van der Waals surface area contributed by atoms with Crippen LogP contribution in [-0.2, 0) is 10.0 Å². The number of benzene rings is 1. The lowest BCUT2D eigenvalue weighted by atomic mass is 10.2. The predicted molar refractivity (Wildman–Crippen MR) is 89.9 cm³/mol. The van der Waals surface area contributed by atoms with Gasteiger partial charge in [-0.15, -0.1) is 0 Å². The zero-order chi connectivity index (χ0) is 16.3. The highest BCUT2D eigenvalue weighted by Gasteiger charge is 2.20. The maximum Gasteiger partial charge on any atom is 0.269 e. The van der Waals surface area contributed by atoms with E-state index in [0.717, 1.165) is 10.9 Å². The number of rotatable bonds is 2. The highest BCUT2D eigenvalue weighted by Crippen LogP contribution is 2.25. The minimum Gasteiger partial charge on any atom is -0.236 e. The van der Waals surface area contributed by atoms with Crippen LogP contribution in [0.5, 0.6) is 0 Å². The first-order valence-electron chi connectivity index (χ1n) is 6.94. The number of aryl methyl sites for hydroxylation is 1. The fraction of sp³-hybridized carbons (Fsp3) is 0.188. The van der Waals surface area contributed by atoms with Crippen molar-refractivity contribution < 1.29 is 8.42 Å². The first kappa shape index (κ1) is 16.5. The highest BCUT2D eigenvalue weighted by molar-refractivity contribution is 7.90. The number of halogens is 1. The van der Waals surface area contributed by atoms with Crippen LogP contribution in [0.3, 0.4) is 0 Å². The molecule has 0 saturated carbocycles. The minimum atomic E-state index is -3.65. The van der Waals surface area contributed by atoms with Crippen LogP contribution in [0.25, 0.3) is 11.0 Å². The molecule has 3 aromatic rings. The number of nitrogens with zero attached hydrogens (tertiary/aromatic N) is 2. The molecular weight excluding hydrogens is 320 g/mol. The maximum atomic E-state index is 12.6. The van der Waals surface area contributed by atoms with E-state index in [9.17, 15) is 8.42 Å². The average molecular weight is 337 g/mol. The number of pyridine rings is 1. The second-order valence-electron chi connectivity index (χ2n) is 4.45. The average Bonchev–Trinajstić information content (AvgIpc) is 2.87. The summed E-state index contributed by atoms with van der Waals surface area (Å²) in [6.07, 6.45) is 3.01. The van der Waals surface area contributed by atoms with Gasteiger partial charge in [-0.2, -0.15) is 0 Å². The van der Waals surface area contributed by atoms with E-state index in [4.69, 9.17) is 11.6 Å². The second-order valence-corrected chi connectivity index (χ2v) is 6.70. The van der Waals surface area contributed by atoms with Gasteiger partial charge in [-0.1, -0.05) is 43.6 Å². The lowest BCUT2D eigenvalue weighted by Gasteiger charge is -2.06. The van der Waals surface area contributed by atoms with Crippen molar-refractivity contribution in [1.82, 2.24) is 8.96 Å². The Labute approximate surface area is 135 Å². The van der Waals surface area contributed by atoms with E-state index >= 15 is 0 Å². The molecule has 0 N–H and O–H groups in total. The van der Waals surface area contributed by atoms with Gasteiger partial charge in [0.25, 0.3) is 10.0 Å². The summed E-state index contributed by atoms with van der Waals surface area (Å²) in [4.78, 5) is 4.38. The standard InChI is InChI=1S/C14H11ClN2O2S.C2H6/c1-10-9-17(14-13(10)7-11(15)8-16-14)20(18,19)12-5-3-2-4-6-12;1-2/h2-9H,1H3;1-2H3. The molecule has 0 unspecified atom stereocenters. The van der Waals surface area contributed by atoms with Crippen molar-refractivity contribution in [1.29, 1.82) is 0 Å². The van der Waals surface area contributed by atoms with Crippen LogP contribution >= 0.6 is 11.6 Å². The molecule has 0 amide bonds. The van der Waals surface area contributed by atoms with Gasteiger partial charge < -0.3 is 0 Å². The quantitative estimate of drug-likeness (QED) is 0.702. The van der Waals surface area contributed by atoms with Gasteiger partial charge in [0, 0.05) is 17.8 Å². The topological polar surface area (TPSA) is 52.0 Å². The van der Waals surface area contributed by atoms with E-state index in [1.54, 1.807) is 42.6 Å². The van der Waals surface area contributed by atoms with Gasteiger partial charge in [0.05, 0.1) is 9.92 Å². The molecule has 0 bridgehead atoms. The van der Waals surface area contributed by atoms with Crippen molar-refractivity contribution >= 4 is 32.7 Å². The monoisotopic (exact) mass is 336 g/mol. The minimum absolute atomic E-state index is 0.230. The van der Waals surface area contributed by atoms with Gasteiger partial charge in [0.2, 0.25) is 0 Å². The molecule has 1 aromatic carbocycles. The summed E-state index contributed by atoms with van der Waals surface area (Å²) in [6.45, 7) is 5.83. The first-order chi connectivity index (χ1) is 10.5. The molecule has 0 aliphatic carbocycles. The van der Waals surface area contributed by atoms with E-state index in [1.165, 1.54) is 10.2 Å². The Bertz CT molecular complexity index is 887. The molecule has 0 saturated heterocycles. The van der Waals surface area contributed by atoms with Gasteiger partial charge in [-0.05, 0) is 30.7 Å². The second kappa shape index (κ2) is 6.50. The third-order valence-corrected chi connectivity index (χ3v) is 4.95. The van der Waals surface area contributed by atoms with Gasteiger partial charge in [0.15, 0.2) is 5.65 Å². The Morgan fingerprint density at radius 2 is 1.77 bits per heavy atom. The summed E-state index contributed by atoms with van der Waals surface area (Å²) < 4.78 is 26.5. The largest absolute Gasteiger partial charge is 0.269 e. The SMILES string of the molecule is CC.Cc1cn(S(=O)(=O)c2ccccc2)c2ncc(Cl)cc12. The molecule has 0 aliphatic heterocycles. The van der Waals surface area contributed by atoms with Gasteiger partial charge in [-0.25, -0.2) is 17.4 Å². The van der Waals surface area contributed by atoms with E-state index in [2.05, 4.69) is 4.98 Å². The van der Waals surface area contributed by atoms with Crippen molar-refractivity contribution in [3.63, 3.8) is 0 Å². The lowest BCUT2D eigenvalue weighted by molar-refractivity contribution is 0.588. The smallest absolute Gasteiger partial charge is 0.236 e. The third-order valence-electron chi connectivity index (χ3n) is 3.08. The summed E-state index contributed by atoms with van der Waals surface area (Å²) in [7, 11) is -3.65. The number of hydrogen-bond acceptors (Lipinski definition) is 3. The van der Waals surface area contributed by atoms with Crippen LogP contribution in [0.4, 0.5) is 0 Å². The van der Waals surface area contributed by atoms with Crippen LogP contribution in [0.2, 0.25) is 5.02 Å². The van der Waals surface area contributed by atoms with Crippen LogP contribution in [-0.4, -0.2) is 17.4 Å². The summed E-state index contributed by atoms with van der Waals surface area (Å²) in [5, 5.41) is 1.22. The number of aromatic nitrogens is 2. The van der Waals surface area contributed by atoms with Gasteiger partial charge in [-0.3, -0.25) is 0 Å². The van der Waals surface area contributed by atoms with Crippen molar-refractivity contribution in [2.45, 2.75) is 25.7 Å². The zero-order valence-corrected chi connectivity index (χ0v) is 14.2. The molecule has 116 valence electrons. The summed E-state index contributed by atoms with van der Waals surface area (Å²) in [5.41, 5.74) is 1.20. The van der Waals surface area contributed by atoms with Crippen molar-refractivity contribution in [3.05, 3.63) is 59.4 Å². The van der Waals surface area contributed by atoms with Gasteiger partial charge >= 0.3 is 0 Å². The van der Waals surface area contributed by atoms with Gasteiger partial charge in [0.1, 0.15) is 0 Å². The van der Waals surface area contributed by atoms with Crippen LogP contribution in [0, 0.1) is 6.92 Å². The van der Waals surface area contributed by atoms with Crippen molar-refractivity contribution in [2.24, 2.45) is 0 Å². The fourth-order valence-electron chi connectivity index (χ4n) is 2.09.